The maximum absolute atomic E-state index is 11.0. The summed E-state index contributed by atoms with van der Waals surface area (Å²) in [5, 5.41) is 2.67. The van der Waals surface area contributed by atoms with Gasteiger partial charge in [0.25, 0.3) is 0 Å². The van der Waals surface area contributed by atoms with Gasteiger partial charge in [0.2, 0.25) is 11.8 Å². The molecular formula is C8H17N3O2. The number of hydrogen-bond acceptors (Lipinski definition) is 3. The van der Waals surface area contributed by atoms with Crippen molar-refractivity contribution in [1.29, 1.82) is 0 Å². The number of carbonyl (C=O) groups is 2. The quantitative estimate of drug-likeness (QED) is 0.451. The van der Waals surface area contributed by atoms with Gasteiger partial charge in [0.15, 0.2) is 0 Å². The smallest absolute Gasteiger partial charge is 0.220 e. The van der Waals surface area contributed by atoms with Gasteiger partial charge in [0.05, 0.1) is 0 Å². The van der Waals surface area contributed by atoms with E-state index in [1.165, 1.54) is 0 Å². The Labute approximate surface area is 77.8 Å². The summed E-state index contributed by atoms with van der Waals surface area (Å²) in [4.78, 5) is 21.3. The summed E-state index contributed by atoms with van der Waals surface area (Å²) in [6.45, 7) is 1.26. The summed E-state index contributed by atoms with van der Waals surface area (Å²) in [6.07, 6.45) is 2.07. The second kappa shape index (κ2) is 7.54. The van der Waals surface area contributed by atoms with E-state index in [4.69, 9.17) is 11.5 Å². The molecule has 0 fully saturated rings. The zero-order valence-corrected chi connectivity index (χ0v) is 7.71. The third-order valence-corrected chi connectivity index (χ3v) is 1.55. The monoisotopic (exact) mass is 187 g/mol. The van der Waals surface area contributed by atoms with Crippen LogP contribution in [-0.2, 0) is 9.59 Å². The van der Waals surface area contributed by atoms with Crippen LogP contribution >= 0.6 is 0 Å². The number of rotatable bonds is 7. The molecule has 0 unspecified atom stereocenters. The Balaban J connectivity index is 3.25. The van der Waals surface area contributed by atoms with Crippen LogP contribution in [-0.4, -0.2) is 24.9 Å². The summed E-state index contributed by atoms with van der Waals surface area (Å²) in [5.74, 6) is -0.576. The lowest BCUT2D eigenvalue weighted by Crippen LogP contribution is -2.26. The van der Waals surface area contributed by atoms with Gasteiger partial charge in [0.1, 0.15) is 0 Å². The fraction of sp³-hybridized carbons (Fsp3) is 0.750. The van der Waals surface area contributed by atoms with Crippen LogP contribution in [0.4, 0.5) is 0 Å². The Morgan fingerprint density at radius 2 is 1.85 bits per heavy atom. The minimum Gasteiger partial charge on any atom is -0.370 e. The van der Waals surface area contributed by atoms with Crippen molar-refractivity contribution in [2.45, 2.75) is 25.7 Å². The molecule has 0 heterocycles. The van der Waals surface area contributed by atoms with Crippen molar-refractivity contribution in [3.05, 3.63) is 0 Å². The van der Waals surface area contributed by atoms with E-state index in [-0.39, 0.29) is 18.7 Å². The molecule has 0 saturated carbocycles. The maximum atomic E-state index is 11.0. The number of hydrogen-bond donors (Lipinski definition) is 3. The molecule has 0 bridgehead atoms. The predicted octanol–water partition coefficient (Wildman–Crippen LogP) is -0.893. The van der Waals surface area contributed by atoms with Gasteiger partial charge in [-0.1, -0.05) is 0 Å². The van der Waals surface area contributed by atoms with Crippen LogP contribution in [0, 0.1) is 0 Å². The van der Waals surface area contributed by atoms with Crippen molar-refractivity contribution in [3.8, 4) is 0 Å². The van der Waals surface area contributed by atoms with Crippen LogP contribution in [0.25, 0.3) is 0 Å². The van der Waals surface area contributed by atoms with Crippen molar-refractivity contribution < 1.29 is 9.59 Å². The first-order valence-electron chi connectivity index (χ1n) is 4.42. The average Bonchev–Trinajstić information content (AvgIpc) is 2.09. The van der Waals surface area contributed by atoms with E-state index < -0.39 is 5.91 Å². The molecule has 0 aromatic carbocycles. The fourth-order valence-corrected chi connectivity index (χ4v) is 0.822. The molecule has 5 N–H and O–H groups in total. The first-order chi connectivity index (χ1) is 6.16. The summed E-state index contributed by atoms with van der Waals surface area (Å²) in [5.41, 5.74) is 10.2. The Morgan fingerprint density at radius 1 is 1.15 bits per heavy atom. The summed E-state index contributed by atoms with van der Waals surface area (Å²) in [6, 6.07) is 0. The molecule has 5 nitrogen and oxygen atoms in total. The average molecular weight is 187 g/mol. The van der Waals surface area contributed by atoms with Gasteiger partial charge in [-0.05, 0) is 19.4 Å². The third-order valence-electron chi connectivity index (χ3n) is 1.55. The van der Waals surface area contributed by atoms with Crippen LogP contribution in [0.15, 0.2) is 0 Å². The highest BCUT2D eigenvalue weighted by Gasteiger charge is 2.02. The van der Waals surface area contributed by atoms with Gasteiger partial charge in [-0.2, -0.15) is 0 Å². The Morgan fingerprint density at radius 3 is 2.38 bits per heavy atom. The Bertz CT molecular complexity index is 171. The van der Waals surface area contributed by atoms with Crippen molar-refractivity contribution in [2.75, 3.05) is 13.1 Å². The second-order valence-electron chi connectivity index (χ2n) is 2.81. The number of carbonyl (C=O) groups excluding carboxylic acids is 2. The molecule has 5 heteroatoms. The van der Waals surface area contributed by atoms with E-state index in [2.05, 4.69) is 5.32 Å². The van der Waals surface area contributed by atoms with Crippen molar-refractivity contribution in [1.82, 2.24) is 5.32 Å². The maximum Gasteiger partial charge on any atom is 0.220 e. The minimum atomic E-state index is -0.447. The molecule has 0 aliphatic heterocycles. The number of nitrogens with two attached hydrogens (primary N) is 2. The molecule has 0 radical (unpaired) electrons. The van der Waals surface area contributed by atoms with Gasteiger partial charge in [-0.25, -0.2) is 0 Å². The molecule has 0 aliphatic rings. The molecule has 76 valence electrons. The lowest BCUT2D eigenvalue weighted by Gasteiger charge is -2.02. The van der Waals surface area contributed by atoms with E-state index in [0.717, 1.165) is 12.8 Å². The SMILES string of the molecule is NCCCCNC(=O)CCC(N)=O. The van der Waals surface area contributed by atoms with Crippen LogP contribution < -0.4 is 16.8 Å². The van der Waals surface area contributed by atoms with E-state index >= 15 is 0 Å². The van der Waals surface area contributed by atoms with E-state index in [0.29, 0.717) is 13.1 Å². The second-order valence-corrected chi connectivity index (χ2v) is 2.81. The number of primary amides is 1. The normalized spacial score (nSPS) is 9.62. The molecule has 0 atom stereocenters. The number of unbranched alkanes of at least 4 members (excludes halogenated alkanes) is 1. The lowest BCUT2D eigenvalue weighted by atomic mass is 10.2. The predicted molar refractivity (Wildman–Crippen MR) is 49.7 cm³/mol. The fourth-order valence-electron chi connectivity index (χ4n) is 0.822. The van der Waals surface area contributed by atoms with Gasteiger partial charge in [-0.15, -0.1) is 0 Å². The molecule has 13 heavy (non-hydrogen) atoms. The van der Waals surface area contributed by atoms with Gasteiger partial charge < -0.3 is 16.8 Å². The highest BCUT2D eigenvalue weighted by Crippen LogP contribution is 1.88. The molecule has 0 aliphatic carbocycles. The van der Waals surface area contributed by atoms with Crippen LogP contribution in [0.1, 0.15) is 25.7 Å². The highest BCUT2D eigenvalue weighted by molar-refractivity contribution is 5.82. The molecule has 0 saturated heterocycles. The van der Waals surface area contributed by atoms with E-state index in [9.17, 15) is 9.59 Å². The molecule has 0 spiro atoms. The van der Waals surface area contributed by atoms with E-state index in [1.807, 2.05) is 0 Å². The van der Waals surface area contributed by atoms with Crippen molar-refractivity contribution in [3.63, 3.8) is 0 Å². The van der Waals surface area contributed by atoms with Crippen LogP contribution in [0.5, 0.6) is 0 Å². The number of amides is 2. The van der Waals surface area contributed by atoms with Crippen molar-refractivity contribution >= 4 is 11.8 Å². The standard InChI is InChI=1S/C8H17N3O2/c9-5-1-2-6-11-8(13)4-3-7(10)12/h1-6,9H2,(H2,10,12)(H,11,13). The zero-order chi connectivity index (χ0) is 10.1. The van der Waals surface area contributed by atoms with Gasteiger partial charge in [-0.3, -0.25) is 9.59 Å². The van der Waals surface area contributed by atoms with Gasteiger partial charge >= 0.3 is 0 Å². The first-order valence-corrected chi connectivity index (χ1v) is 4.42. The molecule has 0 aromatic heterocycles. The highest BCUT2D eigenvalue weighted by atomic mass is 16.2. The first kappa shape index (κ1) is 11.9. The molecular weight excluding hydrogens is 170 g/mol. The number of nitrogens with one attached hydrogen (secondary N) is 1. The molecule has 0 aromatic rings. The largest absolute Gasteiger partial charge is 0.370 e. The minimum absolute atomic E-state index is 0.114. The molecule has 2 amide bonds. The van der Waals surface area contributed by atoms with Crippen molar-refractivity contribution in [2.24, 2.45) is 11.5 Å². The van der Waals surface area contributed by atoms with E-state index in [1.54, 1.807) is 0 Å². The third kappa shape index (κ3) is 8.81. The molecule has 0 rings (SSSR count). The summed E-state index contributed by atoms with van der Waals surface area (Å²) in [7, 11) is 0. The zero-order valence-electron chi connectivity index (χ0n) is 7.71. The van der Waals surface area contributed by atoms with Gasteiger partial charge in [0, 0.05) is 19.4 Å². The lowest BCUT2D eigenvalue weighted by molar-refractivity contribution is -0.125. The summed E-state index contributed by atoms with van der Waals surface area (Å²) >= 11 is 0. The Kier molecular flexibility index (Phi) is 6.91. The van der Waals surface area contributed by atoms with Crippen LogP contribution in [0.2, 0.25) is 0 Å². The Hall–Kier alpha value is -1.10. The van der Waals surface area contributed by atoms with Crippen LogP contribution in [0.3, 0.4) is 0 Å². The summed E-state index contributed by atoms with van der Waals surface area (Å²) < 4.78 is 0. The topological polar surface area (TPSA) is 98.2 Å².